The number of phenolic OH excluding ortho intramolecular Hbond substituents is 1. The maximum absolute atomic E-state index is 14.4. The van der Waals surface area contributed by atoms with Crippen molar-refractivity contribution in [2.45, 2.75) is 161 Å². The van der Waals surface area contributed by atoms with Gasteiger partial charge in [-0.15, -0.1) is 0 Å². The van der Waals surface area contributed by atoms with E-state index in [1.54, 1.807) is 25.7 Å². The van der Waals surface area contributed by atoms with E-state index >= 15 is 0 Å². The van der Waals surface area contributed by atoms with E-state index in [-0.39, 0.29) is 11.5 Å². The molecule has 3 nitrogen and oxygen atoms in total. The summed E-state index contributed by atoms with van der Waals surface area (Å²) in [6, 6.07) is 3.08. The molecule has 1 N–H and O–H groups in total. The zero-order valence-electron chi connectivity index (χ0n) is 31.8. The van der Waals surface area contributed by atoms with Crippen molar-refractivity contribution in [2.24, 2.45) is 35.5 Å². The Labute approximate surface area is 310 Å². The third-order valence-electron chi connectivity index (χ3n) is 13.6. The molecule has 52 heavy (non-hydrogen) atoms. The maximum Gasteiger partial charge on any atom is 0.204 e. The molecule has 4 aliphatic carbocycles. The smallest absolute Gasteiger partial charge is 0.204 e. The largest absolute Gasteiger partial charge is 0.505 e. The topological polar surface area (TPSA) is 38.7 Å². The normalized spacial score (nSPS) is 26.6. The van der Waals surface area contributed by atoms with Crippen LogP contribution in [0.2, 0.25) is 0 Å². The predicted molar refractivity (Wildman–Crippen MR) is 200 cm³/mol. The summed E-state index contributed by atoms with van der Waals surface area (Å²) in [7, 11) is 0. The average Bonchev–Trinajstić information content (AvgIpc) is 3.19. The van der Waals surface area contributed by atoms with Gasteiger partial charge in [0, 0.05) is 5.56 Å². The molecular formula is C45H64F4O3. The molecule has 7 heteroatoms. The van der Waals surface area contributed by atoms with Crippen molar-refractivity contribution in [3.05, 3.63) is 52.1 Å². The van der Waals surface area contributed by atoms with Crippen LogP contribution < -0.4 is 9.47 Å². The SMILES string of the molecule is CC1CCC(C2CCCCC2)CC1.Fc1c(CCC2CCC(C3CCCCC3)CC2)cc2c(c1F)OCCC2.Oc1cc2c(c(F)c1F)OCCC2. The average molecular weight is 729 g/mol. The number of aromatic hydroxyl groups is 1. The predicted octanol–water partition coefficient (Wildman–Crippen LogP) is 13.0. The lowest BCUT2D eigenvalue weighted by Crippen LogP contribution is -2.24. The highest BCUT2D eigenvalue weighted by molar-refractivity contribution is 5.43. The van der Waals surface area contributed by atoms with E-state index in [0.717, 1.165) is 60.8 Å². The summed E-state index contributed by atoms with van der Waals surface area (Å²) < 4.78 is 64.9. The van der Waals surface area contributed by atoms with Gasteiger partial charge < -0.3 is 14.6 Å². The first-order valence-electron chi connectivity index (χ1n) is 21.2. The van der Waals surface area contributed by atoms with Crippen LogP contribution in [0.15, 0.2) is 12.1 Å². The second-order valence-corrected chi connectivity index (χ2v) is 17.2. The number of hydrogen-bond acceptors (Lipinski definition) is 3. The molecule has 2 heterocycles. The highest BCUT2D eigenvalue weighted by Crippen LogP contribution is 2.42. The minimum absolute atomic E-state index is 0.0541. The molecule has 6 aliphatic rings. The van der Waals surface area contributed by atoms with Gasteiger partial charge in [-0.1, -0.05) is 96.8 Å². The lowest BCUT2D eigenvalue weighted by Gasteiger charge is -2.36. The fourth-order valence-electron chi connectivity index (χ4n) is 10.4. The van der Waals surface area contributed by atoms with Crippen LogP contribution in [0.5, 0.6) is 17.2 Å². The van der Waals surface area contributed by atoms with E-state index in [0.29, 0.717) is 43.1 Å². The van der Waals surface area contributed by atoms with Gasteiger partial charge >= 0.3 is 0 Å². The molecule has 8 rings (SSSR count). The van der Waals surface area contributed by atoms with Crippen molar-refractivity contribution in [3.63, 3.8) is 0 Å². The van der Waals surface area contributed by atoms with Crippen molar-refractivity contribution in [3.8, 4) is 17.2 Å². The van der Waals surface area contributed by atoms with E-state index in [2.05, 4.69) is 6.92 Å². The van der Waals surface area contributed by atoms with Crippen LogP contribution in [0.25, 0.3) is 0 Å². The molecule has 4 fully saturated rings. The Bertz CT molecular complexity index is 1420. The monoisotopic (exact) mass is 728 g/mol. The summed E-state index contributed by atoms with van der Waals surface area (Å²) in [4.78, 5) is 0. The van der Waals surface area contributed by atoms with Crippen LogP contribution in [-0.2, 0) is 19.3 Å². The first-order valence-corrected chi connectivity index (χ1v) is 21.2. The highest BCUT2D eigenvalue weighted by atomic mass is 19.2. The summed E-state index contributed by atoms with van der Waals surface area (Å²) in [5.41, 5.74) is 1.94. The summed E-state index contributed by atoms with van der Waals surface area (Å²) in [5.74, 6) is 1.55. The number of ether oxygens (including phenoxy) is 2. The van der Waals surface area contributed by atoms with Crippen LogP contribution in [0, 0.1) is 58.8 Å². The van der Waals surface area contributed by atoms with E-state index in [9.17, 15) is 17.6 Å². The lowest BCUT2D eigenvalue weighted by atomic mass is 9.70. The Hall–Kier alpha value is -2.44. The number of rotatable bonds is 5. The Kier molecular flexibility index (Phi) is 14.5. The molecule has 2 aliphatic heterocycles. The van der Waals surface area contributed by atoms with Gasteiger partial charge in [-0.05, 0) is 123 Å². The summed E-state index contributed by atoms with van der Waals surface area (Å²) in [6.07, 6.45) is 30.9. The van der Waals surface area contributed by atoms with Gasteiger partial charge in [-0.25, -0.2) is 4.39 Å². The standard InChI is InChI=1S/C23H32F2O.C13H24.C9H8F2O2/c24-21-19(15-20-7-4-14-26-23(20)22(21)25)13-10-16-8-11-18(12-9-16)17-5-2-1-3-6-17;1-11-7-9-13(10-8-11)12-5-3-2-4-6-12;10-7-6(12)4-5-2-1-3-13-9(5)8(7)11/h15-18H,1-14H2;11-13H,2-10H2,1H3;4,12H,1-3H2. The Balaban J connectivity index is 0.000000149. The molecule has 290 valence electrons. The molecule has 0 aromatic heterocycles. The van der Waals surface area contributed by atoms with E-state index in [1.165, 1.54) is 96.0 Å². The van der Waals surface area contributed by atoms with E-state index in [1.807, 2.05) is 6.07 Å². The fourth-order valence-corrected chi connectivity index (χ4v) is 10.4. The van der Waals surface area contributed by atoms with Crippen LogP contribution in [0.4, 0.5) is 17.6 Å². The van der Waals surface area contributed by atoms with E-state index < -0.39 is 29.0 Å². The molecule has 2 aromatic rings. The zero-order chi connectivity index (χ0) is 36.5. The molecule has 0 radical (unpaired) electrons. The molecule has 0 saturated heterocycles. The minimum Gasteiger partial charge on any atom is -0.505 e. The second kappa shape index (κ2) is 19.2. The van der Waals surface area contributed by atoms with Crippen LogP contribution in [0.3, 0.4) is 0 Å². The Morgan fingerprint density at radius 1 is 0.538 bits per heavy atom. The van der Waals surface area contributed by atoms with Crippen LogP contribution >= 0.6 is 0 Å². The number of aryl methyl sites for hydroxylation is 3. The second-order valence-electron chi connectivity index (χ2n) is 17.2. The zero-order valence-corrected chi connectivity index (χ0v) is 31.8. The number of halogens is 4. The van der Waals surface area contributed by atoms with Gasteiger partial charge in [-0.2, -0.15) is 13.2 Å². The van der Waals surface area contributed by atoms with Crippen LogP contribution in [-0.4, -0.2) is 18.3 Å². The first kappa shape index (κ1) is 39.3. The van der Waals surface area contributed by atoms with Crippen molar-refractivity contribution in [1.29, 1.82) is 0 Å². The van der Waals surface area contributed by atoms with Gasteiger partial charge in [0.15, 0.2) is 23.1 Å². The first-order chi connectivity index (χ1) is 25.3. The van der Waals surface area contributed by atoms with Crippen LogP contribution in [0.1, 0.15) is 158 Å². The molecule has 0 atom stereocenters. The van der Waals surface area contributed by atoms with Gasteiger partial charge in [-0.3, -0.25) is 0 Å². The molecule has 0 bridgehead atoms. The Morgan fingerprint density at radius 3 is 1.54 bits per heavy atom. The summed E-state index contributed by atoms with van der Waals surface area (Å²) >= 11 is 0. The fraction of sp³-hybridized carbons (Fsp3) is 0.733. The molecule has 0 unspecified atom stereocenters. The third kappa shape index (κ3) is 10.2. The molecule has 4 saturated carbocycles. The summed E-state index contributed by atoms with van der Waals surface area (Å²) in [5, 5.41) is 8.99. The number of hydrogen-bond donors (Lipinski definition) is 1. The van der Waals surface area contributed by atoms with Gasteiger partial charge in [0.05, 0.1) is 13.2 Å². The van der Waals surface area contributed by atoms with Crippen molar-refractivity contribution in [2.75, 3.05) is 13.2 Å². The molecule has 0 amide bonds. The van der Waals surface area contributed by atoms with Crippen molar-refractivity contribution in [1.82, 2.24) is 0 Å². The quantitative estimate of drug-likeness (QED) is 0.312. The molecule has 2 aromatic carbocycles. The van der Waals surface area contributed by atoms with Gasteiger partial charge in [0.25, 0.3) is 0 Å². The highest BCUT2D eigenvalue weighted by Gasteiger charge is 2.30. The van der Waals surface area contributed by atoms with Crippen molar-refractivity contribution < 1.29 is 32.1 Å². The molecular weight excluding hydrogens is 664 g/mol. The van der Waals surface area contributed by atoms with E-state index in [4.69, 9.17) is 14.6 Å². The lowest BCUT2D eigenvalue weighted by molar-refractivity contribution is 0.163. The number of fused-ring (bicyclic) bond motifs is 2. The number of benzene rings is 2. The molecule has 0 spiro atoms. The third-order valence-corrected chi connectivity index (χ3v) is 13.6. The maximum atomic E-state index is 14.4. The Morgan fingerprint density at radius 2 is 1.00 bits per heavy atom. The van der Waals surface area contributed by atoms with Crippen molar-refractivity contribution >= 4 is 0 Å². The minimum atomic E-state index is -1.24. The number of phenols is 1. The van der Waals surface area contributed by atoms with Gasteiger partial charge in [0.2, 0.25) is 17.5 Å². The van der Waals surface area contributed by atoms with Gasteiger partial charge in [0.1, 0.15) is 0 Å². The summed E-state index contributed by atoms with van der Waals surface area (Å²) in [6.45, 7) is 3.32.